The molecule has 0 heterocycles. The Kier molecular flexibility index (Phi) is 5.04. The third-order valence-electron chi connectivity index (χ3n) is 3.34. The minimum atomic E-state index is -0.904. The Morgan fingerprint density at radius 3 is 2.70 bits per heavy atom. The molecule has 0 radical (unpaired) electrons. The number of para-hydroxylation sites is 1. The second kappa shape index (κ2) is 6.33. The van der Waals surface area contributed by atoms with Crippen molar-refractivity contribution in [1.29, 1.82) is 0 Å². The number of rotatable bonds is 7. The van der Waals surface area contributed by atoms with Crippen molar-refractivity contribution in [3.8, 4) is 5.75 Å². The second-order valence-electron chi connectivity index (χ2n) is 4.72. The summed E-state index contributed by atoms with van der Waals surface area (Å²) in [6.07, 6.45) is 0.309. The predicted octanol–water partition coefficient (Wildman–Crippen LogP) is 1.14. The molecule has 7 nitrogen and oxygen atoms in total. The van der Waals surface area contributed by atoms with Crippen molar-refractivity contribution in [2.45, 2.75) is 25.8 Å². The maximum atomic E-state index is 11.3. The van der Waals surface area contributed by atoms with Crippen LogP contribution in [0.25, 0.3) is 0 Å². The molecule has 0 aliphatic rings. The van der Waals surface area contributed by atoms with E-state index in [0.717, 1.165) is 0 Å². The van der Waals surface area contributed by atoms with E-state index in [1.165, 1.54) is 6.07 Å². The first-order chi connectivity index (χ1) is 9.31. The first-order valence-electron chi connectivity index (χ1n) is 6.17. The van der Waals surface area contributed by atoms with E-state index in [2.05, 4.69) is 5.32 Å². The van der Waals surface area contributed by atoms with E-state index in [1.54, 1.807) is 33.0 Å². The van der Waals surface area contributed by atoms with Gasteiger partial charge in [-0.1, -0.05) is 12.1 Å². The molecular formula is C13H19N3O4. The van der Waals surface area contributed by atoms with E-state index >= 15 is 0 Å². The van der Waals surface area contributed by atoms with E-state index in [4.69, 9.17) is 10.5 Å². The number of benzene rings is 1. The number of ether oxygens (including phenoxy) is 1. The summed E-state index contributed by atoms with van der Waals surface area (Å²) in [7, 11) is 1.62. The molecule has 0 aliphatic carbocycles. The quantitative estimate of drug-likeness (QED) is 0.575. The number of amides is 1. The minimum absolute atomic E-state index is 0.0577. The van der Waals surface area contributed by atoms with Crippen LogP contribution < -0.4 is 15.8 Å². The van der Waals surface area contributed by atoms with Crippen molar-refractivity contribution < 1.29 is 14.5 Å². The number of carbonyl (C=O) groups excluding carboxylic acids is 1. The van der Waals surface area contributed by atoms with Crippen LogP contribution in [0.1, 0.15) is 18.9 Å². The summed E-state index contributed by atoms with van der Waals surface area (Å²) in [5.41, 5.74) is 4.86. The zero-order chi connectivity index (χ0) is 15.3. The summed E-state index contributed by atoms with van der Waals surface area (Å²) in [5, 5.41) is 13.8. The van der Waals surface area contributed by atoms with Crippen molar-refractivity contribution in [1.82, 2.24) is 5.32 Å². The number of nitrogens with zero attached hydrogens (tertiary/aromatic N) is 1. The first-order valence-corrected chi connectivity index (χ1v) is 6.17. The Morgan fingerprint density at radius 1 is 1.55 bits per heavy atom. The maximum Gasteiger partial charge on any atom is 0.313 e. The van der Waals surface area contributed by atoms with Crippen LogP contribution in [0.2, 0.25) is 0 Å². The zero-order valence-electron chi connectivity index (χ0n) is 11.8. The third kappa shape index (κ3) is 3.45. The average molecular weight is 281 g/mol. The van der Waals surface area contributed by atoms with Gasteiger partial charge in [0.05, 0.1) is 17.1 Å². The lowest BCUT2D eigenvalue weighted by molar-refractivity contribution is -0.386. The number of carbonyl (C=O) groups is 1. The van der Waals surface area contributed by atoms with Crippen LogP contribution in [0, 0.1) is 17.0 Å². The number of aryl methyl sites for hydroxylation is 1. The molecule has 3 N–H and O–H groups in total. The van der Waals surface area contributed by atoms with Crippen LogP contribution in [0.4, 0.5) is 5.69 Å². The van der Waals surface area contributed by atoms with E-state index in [0.29, 0.717) is 12.0 Å². The Morgan fingerprint density at radius 2 is 2.20 bits per heavy atom. The molecule has 0 bridgehead atoms. The first kappa shape index (κ1) is 15.9. The van der Waals surface area contributed by atoms with Gasteiger partial charge in [0.1, 0.15) is 0 Å². The van der Waals surface area contributed by atoms with Gasteiger partial charge in [-0.3, -0.25) is 14.9 Å². The summed E-state index contributed by atoms with van der Waals surface area (Å²) in [6, 6.07) is 4.86. The zero-order valence-corrected chi connectivity index (χ0v) is 11.8. The minimum Gasteiger partial charge on any atom is -0.487 e. The highest BCUT2D eigenvalue weighted by atomic mass is 16.6. The lowest BCUT2D eigenvalue weighted by atomic mass is 9.98. The SMILES string of the molecule is CNC(C)(CCOc1cccc(C)c1[N+](=O)[O-])C(N)=O. The normalized spacial score (nSPS) is 13.6. The Bertz CT molecular complexity index is 518. The molecule has 0 fully saturated rings. The molecule has 1 aromatic carbocycles. The standard InChI is InChI=1S/C13H19N3O4/c1-9-5-4-6-10(11(9)16(18)19)20-8-7-13(2,15-3)12(14)17/h4-6,15H,7-8H2,1-3H3,(H2,14,17). The molecule has 1 amide bonds. The van der Waals surface area contributed by atoms with Crippen molar-refractivity contribution in [3.63, 3.8) is 0 Å². The van der Waals surface area contributed by atoms with E-state index in [1.807, 2.05) is 0 Å². The van der Waals surface area contributed by atoms with Crippen molar-refractivity contribution in [3.05, 3.63) is 33.9 Å². The highest BCUT2D eigenvalue weighted by Crippen LogP contribution is 2.30. The van der Waals surface area contributed by atoms with Crippen LogP contribution in [0.5, 0.6) is 5.75 Å². The molecule has 1 rings (SSSR count). The monoisotopic (exact) mass is 281 g/mol. The number of nitro benzene ring substituents is 1. The number of primary amides is 1. The van der Waals surface area contributed by atoms with Gasteiger partial charge in [-0.2, -0.15) is 0 Å². The highest BCUT2D eigenvalue weighted by molar-refractivity contribution is 5.84. The second-order valence-corrected chi connectivity index (χ2v) is 4.72. The van der Waals surface area contributed by atoms with Crippen molar-refractivity contribution in [2.75, 3.05) is 13.7 Å². The van der Waals surface area contributed by atoms with Crippen molar-refractivity contribution in [2.24, 2.45) is 5.73 Å². The van der Waals surface area contributed by atoms with E-state index in [-0.39, 0.29) is 18.0 Å². The highest BCUT2D eigenvalue weighted by Gasteiger charge is 2.29. The van der Waals surface area contributed by atoms with E-state index in [9.17, 15) is 14.9 Å². The number of nitrogens with one attached hydrogen (secondary N) is 1. The average Bonchev–Trinajstić information content (AvgIpc) is 2.37. The summed E-state index contributed by atoms with van der Waals surface area (Å²) in [5.74, 6) is -0.305. The van der Waals surface area contributed by atoms with Crippen LogP contribution >= 0.6 is 0 Å². The topological polar surface area (TPSA) is 107 Å². The summed E-state index contributed by atoms with van der Waals surface area (Å²) in [4.78, 5) is 21.8. The molecule has 0 saturated heterocycles. The molecule has 0 aliphatic heterocycles. The van der Waals surface area contributed by atoms with Gasteiger partial charge in [-0.25, -0.2) is 0 Å². The largest absolute Gasteiger partial charge is 0.487 e. The number of nitrogens with two attached hydrogens (primary N) is 1. The lowest BCUT2D eigenvalue weighted by Gasteiger charge is -2.25. The van der Waals surface area contributed by atoms with Gasteiger partial charge in [-0.05, 0) is 27.0 Å². The molecule has 20 heavy (non-hydrogen) atoms. The Hall–Kier alpha value is -2.15. The van der Waals surface area contributed by atoms with Gasteiger partial charge < -0.3 is 15.8 Å². The molecule has 110 valence electrons. The molecule has 0 saturated carbocycles. The van der Waals surface area contributed by atoms with Gasteiger partial charge in [-0.15, -0.1) is 0 Å². The molecule has 1 aromatic rings. The summed E-state index contributed by atoms with van der Waals surface area (Å²) < 4.78 is 5.44. The summed E-state index contributed by atoms with van der Waals surface area (Å²) >= 11 is 0. The fraction of sp³-hybridized carbons (Fsp3) is 0.462. The molecule has 1 atom stereocenters. The maximum absolute atomic E-state index is 11.3. The van der Waals surface area contributed by atoms with Crippen LogP contribution in [-0.2, 0) is 4.79 Å². The molecule has 7 heteroatoms. The Labute approximate surface area is 117 Å². The van der Waals surface area contributed by atoms with Gasteiger partial charge in [0.2, 0.25) is 5.91 Å². The molecule has 0 spiro atoms. The van der Waals surface area contributed by atoms with Crippen LogP contribution in [-0.4, -0.2) is 30.0 Å². The van der Waals surface area contributed by atoms with Gasteiger partial charge in [0, 0.05) is 12.0 Å². The van der Waals surface area contributed by atoms with Crippen molar-refractivity contribution >= 4 is 11.6 Å². The number of hydrogen-bond acceptors (Lipinski definition) is 5. The number of hydrogen-bond donors (Lipinski definition) is 2. The Balaban J connectivity index is 2.79. The fourth-order valence-corrected chi connectivity index (χ4v) is 1.72. The van der Waals surface area contributed by atoms with Crippen LogP contribution in [0.3, 0.4) is 0 Å². The number of nitro groups is 1. The third-order valence-corrected chi connectivity index (χ3v) is 3.34. The van der Waals surface area contributed by atoms with Crippen LogP contribution in [0.15, 0.2) is 18.2 Å². The number of likely N-dealkylation sites (N-methyl/N-ethyl adjacent to an activating group) is 1. The van der Waals surface area contributed by atoms with Gasteiger partial charge in [0.15, 0.2) is 5.75 Å². The lowest BCUT2D eigenvalue weighted by Crippen LogP contribution is -2.52. The fourth-order valence-electron chi connectivity index (χ4n) is 1.72. The summed E-state index contributed by atoms with van der Waals surface area (Å²) in [6.45, 7) is 3.44. The van der Waals surface area contributed by atoms with Gasteiger partial charge >= 0.3 is 5.69 Å². The van der Waals surface area contributed by atoms with E-state index < -0.39 is 16.4 Å². The molecule has 0 aromatic heterocycles. The predicted molar refractivity (Wildman–Crippen MR) is 74.6 cm³/mol. The molecular weight excluding hydrogens is 262 g/mol. The smallest absolute Gasteiger partial charge is 0.313 e. The van der Waals surface area contributed by atoms with Gasteiger partial charge in [0.25, 0.3) is 0 Å². The molecule has 1 unspecified atom stereocenters.